The van der Waals surface area contributed by atoms with Crippen molar-refractivity contribution in [3.05, 3.63) is 0 Å². The molecule has 0 aromatic heterocycles. The number of nitrogens with one attached hydrogen (secondary N) is 1. The Hall–Kier alpha value is -0.610. The van der Waals surface area contributed by atoms with Crippen LogP contribution in [0.15, 0.2) is 0 Å². The van der Waals surface area contributed by atoms with Gasteiger partial charge in [0.15, 0.2) is 0 Å². The van der Waals surface area contributed by atoms with Gasteiger partial charge in [-0.2, -0.15) is 0 Å². The SMILES string of the molecule is CCNC(=O)C(C)N1CCC(C)(O)C1. The van der Waals surface area contributed by atoms with E-state index in [9.17, 15) is 9.90 Å². The third-order valence-electron chi connectivity index (χ3n) is 2.76. The van der Waals surface area contributed by atoms with Crippen LogP contribution in [-0.4, -0.2) is 47.2 Å². The van der Waals surface area contributed by atoms with Crippen molar-refractivity contribution in [2.45, 2.75) is 38.8 Å². The van der Waals surface area contributed by atoms with E-state index >= 15 is 0 Å². The van der Waals surface area contributed by atoms with Gasteiger partial charge in [-0.1, -0.05) is 0 Å². The predicted octanol–water partition coefficient (Wildman–Crippen LogP) is -0.0323. The summed E-state index contributed by atoms with van der Waals surface area (Å²) in [6, 6.07) is -0.135. The topological polar surface area (TPSA) is 52.6 Å². The van der Waals surface area contributed by atoms with Crippen molar-refractivity contribution in [3.8, 4) is 0 Å². The van der Waals surface area contributed by atoms with E-state index in [0.717, 1.165) is 13.0 Å². The second-order valence-electron chi connectivity index (χ2n) is 4.29. The zero-order valence-corrected chi connectivity index (χ0v) is 9.21. The van der Waals surface area contributed by atoms with E-state index in [0.29, 0.717) is 13.1 Å². The van der Waals surface area contributed by atoms with Crippen molar-refractivity contribution < 1.29 is 9.90 Å². The number of β-amino-alcohol motifs (C(OH)–C–C–N with tert-alkyl or cyclic N) is 1. The molecule has 1 fully saturated rings. The number of carbonyl (C=O) groups excluding carboxylic acids is 1. The van der Waals surface area contributed by atoms with Crippen LogP contribution < -0.4 is 5.32 Å². The fourth-order valence-electron chi connectivity index (χ4n) is 1.80. The summed E-state index contributed by atoms with van der Waals surface area (Å²) in [5.41, 5.74) is -0.624. The Morgan fingerprint density at radius 2 is 2.36 bits per heavy atom. The smallest absolute Gasteiger partial charge is 0.237 e. The van der Waals surface area contributed by atoms with E-state index in [1.807, 2.05) is 25.7 Å². The summed E-state index contributed by atoms with van der Waals surface area (Å²) in [4.78, 5) is 13.5. The van der Waals surface area contributed by atoms with Crippen LogP contribution in [0.1, 0.15) is 27.2 Å². The van der Waals surface area contributed by atoms with Gasteiger partial charge in [0.25, 0.3) is 0 Å². The lowest BCUT2D eigenvalue weighted by Gasteiger charge is -2.24. The summed E-state index contributed by atoms with van der Waals surface area (Å²) >= 11 is 0. The molecule has 0 aliphatic carbocycles. The number of hydrogen-bond acceptors (Lipinski definition) is 3. The first-order chi connectivity index (χ1) is 6.46. The van der Waals surface area contributed by atoms with Crippen LogP contribution in [0, 0.1) is 0 Å². The lowest BCUT2D eigenvalue weighted by molar-refractivity contribution is -0.125. The molecule has 2 N–H and O–H groups in total. The Labute approximate surface area is 85.3 Å². The highest BCUT2D eigenvalue weighted by Gasteiger charge is 2.35. The van der Waals surface area contributed by atoms with Crippen molar-refractivity contribution in [3.63, 3.8) is 0 Å². The lowest BCUT2D eigenvalue weighted by Crippen LogP contribution is -2.45. The largest absolute Gasteiger partial charge is 0.389 e. The van der Waals surface area contributed by atoms with Crippen molar-refractivity contribution >= 4 is 5.91 Å². The number of nitrogens with zero attached hydrogens (tertiary/aromatic N) is 1. The normalized spacial score (nSPS) is 30.3. The van der Waals surface area contributed by atoms with E-state index in [-0.39, 0.29) is 11.9 Å². The maximum atomic E-state index is 11.5. The molecule has 1 aliphatic heterocycles. The highest BCUT2D eigenvalue weighted by Crippen LogP contribution is 2.21. The fourth-order valence-corrected chi connectivity index (χ4v) is 1.80. The van der Waals surface area contributed by atoms with Gasteiger partial charge in [-0.3, -0.25) is 9.69 Å². The van der Waals surface area contributed by atoms with Crippen LogP contribution in [0.2, 0.25) is 0 Å². The summed E-state index contributed by atoms with van der Waals surface area (Å²) < 4.78 is 0. The lowest BCUT2D eigenvalue weighted by atomic mass is 10.1. The van der Waals surface area contributed by atoms with Gasteiger partial charge < -0.3 is 10.4 Å². The van der Waals surface area contributed by atoms with Gasteiger partial charge in [0.05, 0.1) is 11.6 Å². The van der Waals surface area contributed by atoms with Crippen LogP contribution >= 0.6 is 0 Å². The van der Waals surface area contributed by atoms with Crippen molar-refractivity contribution in [1.29, 1.82) is 0 Å². The molecule has 1 saturated heterocycles. The summed E-state index contributed by atoms with van der Waals surface area (Å²) in [6.07, 6.45) is 0.747. The highest BCUT2D eigenvalue weighted by atomic mass is 16.3. The van der Waals surface area contributed by atoms with E-state index in [4.69, 9.17) is 0 Å². The Morgan fingerprint density at radius 1 is 1.71 bits per heavy atom. The molecule has 1 heterocycles. The maximum absolute atomic E-state index is 11.5. The number of carbonyl (C=O) groups is 1. The maximum Gasteiger partial charge on any atom is 0.237 e. The molecule has 0 bridgehead atoms. The third-order valence-corrected chi connectivity index (χ3v) is 2.76. The molecular weight excluding hydrogens is 180 g/mol. The Morgan fingerprint density at radius 3 is 2.79 bits per heavy atom. The quantitative estimate of drug-likeness (QED) is 0.672. The second kappa shape index (κ2) is 4.28. The number of hydrogen-bond donors (Lipinski definition) is 2. The van der Waals surface area contributed by atoms with Crippen molar-refractivity contribution in [2.24, 2.45) is 0 Å². The second-order valence-corrected chi connectivity index (χ2v) is 4.29. The first-order valence-electron chi connectivity index (χ1n) is 5.20. The molecule has 0 saturated carbocycles. The molecule has 0 aromatic carbocycles. The predicted molar refractivity (Wildman–Crippen MR) is 55.0 cm³/mol. The zero-order valence-electron chi connectivity index (χ0n) is 9.21. The van der Waals surface area contributed by atoms with E-state index < -0.39 is 5.60 Å². The Kier molecular flexibility index (Phi) is 3.50. The van der Waals surface area contributed by atoms with Gasteiger partial charge in [0.2, 0.25) is 5.91 Å². The van der Waals surface area contributed by atoms with Gasteiger partial charge in [-0.25, -0.2) is 0 Å². The number of rotatable bonds is 3. The molecular formula is C10H20N2O2. The van der Waals surface area contributed by atoms with Gasteiger partial charge in [0.1, 0.15) is 0 Å². The Balaban J connectivity index is 2.46. The van der Waals surface area contributed by atoms with Crippen LogP contribution in [0.4, 0.5) is 0 Å². The number of likely N-dealkylation sites (tertiary alicyclic amines) is 1. The minimum atomic E-state index is -0.624. The van der Waals surface area contributed by atoms with Crippen LogP contribution in [0.3, 0.4) is 0 Å². The fraction of sp³-hybridized carbons (Fsp3) is 0.900. The number of aliphatic hydroxyl groups is 1. The molecule has 14 heavy (non-hydrogen) atoms. The first kappa shape index (κ1) is 11.5. The summed E-state index contributed by atoms with van der Waals surface area (Å²) in [6.45, 7) is 7.65. The minimum Gasteiger partial charge on any atom is -0.389 e. The molecule has 0 spiro atoms. The Bertz CT molecular complexity index is 216. The van der Waals surface area contributed by atoms with Crippen molar-refractivity contribution in [1.82, 2.24) is 10.2 Å². The first-order valence-corrected chi connectivity index (χ1v) is 5.20. The van der Waals surface area contributed by atoms with E-state index in [2.05, 4.69) is 5.32 Å². The average Bonchev–Trinajstić information content (AvgIpc) is 2.45. The molecule has 1 amide bonds. The molecule has 2 unspecified atom stereocenters. The van der Waals surface area contributed by atoms with Gasteiger partial charge in [-0.05, 0) is 27.2 Å². The summed E-state index contributed by atoms with van der Waals surface area (Å²) in [5, 5.41) is 12.5. The van der Waals surface area contributed by atoms with Crippen molar-refractivity contribution in [2.75, 3.05) is 19.6 Å². The summed E-state index contributed by atoms with van der Waals surface area (Å²) in [5.74, 6) is 0.0465. The standard InChI is InChI=1S/C10H20N2O2/c1-4-11-9(13)8(2)12-6-5-10(3,14)7-12/h8,14H,4-7H2,1-3H3,(H,11,13). The molecule has 4 heteroatoms. The van der Waals surface area contributed by atoms with Crippen LogP contribution in [-0.2, 0) is 4.79 Å². The molecule has 4 nitrogen and oxygen atoms in total. The molecule has 1 aliphatic rings. The van der Waals surface area contributed by atoms with Crippen LogP contribution in [0.5, 0.6) is 0 Å². The van der Waals surface area contributed by atoms with Gasteiger partial charge >= 0.3 is 0 Å². The zero-order chi connectivity index (χ0) is 10.8. The molecule has 2 atom stereocenters. The molecule has 0 radical (unpaired) electrons. The van der Waals surface area contributed by atoms with Gasteiger partial charge in [0, 0.05) is 19.6 Å². The molecule has 82 valence electrons. The number of amides is 1. The van der Waals surface area contributed by atoms with Gasteiger partial charge in [-0.15, -0.1) is 0 Å². The molecule has 1 rings (SSSR count). The molecule has 0 aromatic rings. The van der Waals surface area contributed by atoms with E-state index in [1.54, 1.807) is 0 Å². The average molecular weight is 200 g/mol. The third kappa shape index (κ3) is 2.69. The monoisotopic (exact) mass is 200 g/mol. The highest BCUT2D eigenvalue weighted by molar-refractivity contribution is 5.81. The minimum absolute atomic E-state index is 0.0465. The van der Waals surface area contributed by atoms with E-state index in [1.165, 1.54) is 0 Å². The summed E-state index contributed by atoms with van der Waals surface area (Å²) in [7, 11) is 0. The number of likely N-dealkylation sites (N-methyl/N-ethyl adjacent to an activating group) is 1. The van der Waals surface area contributed by atoms with Crippen LogP contribution in [0.25, 0.3) is 0 Å².